The summed E-state index contributed by atoms with van der Waals surface area (Å²) in [4.78, 5) is 0. The van der Waals surface area contributed by atoms with Crippen LogP contribution < -0.4 is 32.8 Å². The molecule has 6 rings (SSSR count). The van der Waals surface area contributed by atoms with Gasteiger partial charge in [-0.05, 0) is 25.7 Å². The average Bonchev–Trinajstić information content (AvgIpc) is 3.31. The van der Waals surface area contributed by atoms with E-state index in [4.69, 9.17) is 21.0 Å². The summed E-state index contributed by atoms with van der Waals surface area (Å²) in [5, 5.41) is 52.4. The molecule has 0 fully saturated rings. The van der Waals surface area contributed by atoms with Gasteiger partial charge in [0.15, 0.2) is 12.3 Å². The Kier molecular flexibility index (Phi) is 23.0. The largest absolute Gasteiger partial charge is 2.00 e. The summed E-state index contributed by atoms with van der Waals surface area (Å²) in [5.41, 5.74) is 6.32. The molecule has 292 valence electrons. The number of unbranched alkanes of at least 4 members (excludes halogenated alkanes) is 6. The smallest absolute Gasteiger partial charge is 0.248 e. The molecular formula is C50H46B2N6Ni. The van der Waals surface area contributed by atoms with Gasteiger partial charge in [-0.1, -0.05) is 182 Å². The predicted octanol–water partition coefficient (Wildman–Crippen LogP) is 7.62. The van der Waals surface area contributed by atoms with Crippen molar-refractivity contribution < 1.29 is 16.5 Å². The van der Waals surface area contributed by atoms with Gasteiger partial charge in [-0.25, -0.2) is 10.5 Å². The molecule has 0 saturated heterocycles. The second-order valence-corrected chi connectivity index (χ2v) is 13.5. The first kappa shape index (κ1) is 48.0. The molecule has 0 unspecified atom stereocenters. The molecule has 6 nitrogen and oxygen atoms in total. The first-order valence-corrected chi connectivity index (χ1v) is 19.5. The van der Waals surface area contributed by atoms with Crippen LogP contribution in [0, 0.1) is 67.8 Å². The quantitative estimate of drug-likeness (QED) is 0.0920. The maximum atomic E-state index is 10.1. The molecule has 0 heterocycles. The molecule has 0 amide bonds. The molecule has 0 atom stereocenters. The van der Waals surface area contributed by atoms with E-state index in [0.717, 1.165) is 58.5 Å². The number of hydrogen-bond acceptors (Lipinski definition) is 6. The van der Waals surface area contributed by atoms with Crippen LogP contribution >= 0.6 is 0 Å². The van der Waals surface area contributed by atoms with Gasteiger partial charge in [-0.3, -0.25) is 0 Å². The summed E-state index contributed by atoms with van der Waals surface area (Å²) in [6, 6.07) is 68.5. The SMILES string of the molecule is N#CCCCCC#N.N#CCCCCC#N.N#C[B-](c1ccccc1)(c1ccccc1)c1ccccc1.N#C[B-](c1ccccc1)(c1ccccc1)c1ccccc1.[Ni+2]. The van der Waals surface area contributed by atoms with E-state index in [-0.39, 0.29) is 16.5 Å². The van der Waals surface area contributed by atoms with Gasteiger partial charge in [0, 0.05) is 25.7 Å². The Labute approximate surface area is 361 Å². The average molecular weight is 811 g/mol. The molecule has 0 N–H and O–H groups in total. The topological polar surface area (TPSA) is 143 Å². The van der Waals surface area contributed by atoms with Gasteiger partial charge in [0.1, 0.15) is 0 Å². The molecule has 6 aromatic rings. The molecule has 0 spiro atoms. The van der Waals surface area contributed by atoms with Crippen molar-refractivity contribution >= 4 is 45.1 Å². The van der Waals surface area contributed by atoms with Crippen molar-refractivity contribution in [3.8, 4) is 36.2 Å². The Morgan fingerprint density at radius 1 is 0.271 bits per heavy atom. The van der Waals surface area contributed by atoms with E-state index in [1.54, 1.807) is 0 Å². The van der Waals surface area contributed by atoms with Gasteiger partial charge in [0.25, 0.3) is 0 Å². The zero-order chi connectivity index (χ0) is 41.6. The maximum Gasteiger partial charge on any atom is 2.00 e. The molecule has 0 aliphatic carbocycles. The summed E-state index contributed by atoms with van der Waals surface area (Å²) in [5.74, 6) is 5.25. The predicted molar refractivity (Wildman–Crippen MR) is 239 cm³/mol. The maximum absolute atomic E-state index is 10.1. The zero-order valence-electron chi connectivity index (χ0n) is 33.1. The van der Waals surface area contributed by atoms with Crippen LogP contribution in [0.4, 0.5) is 0 Å². The summed E-state index contributed by atoms with van der Waals surface area (Å²) in [6.07, 6.45) is 2.62. The van der Waals surface area contributed by atoms with Crippen LogP contribution in [0.5, 0.6) is 0 Å². The van der Waals surface area contributed by atoms with Crippen molar-refractivity contribution in [1.82, 2.24) is 0 Å². The summed E-state index contributed by atoms with van der Waals surface area (Å²) in [6.45, 7) is 0. The van der Waals surface area contributed by atoms with Crippen LogP contribution in [0.15, 0.2) is 182 Å². The van der Waals surface area contributed by atoms with Gasteiger partial charge in [-0.15, -0.1) is 11.9 Å². The van der Waals surface area contributed by atoms with Crippen LogP contribution in [0.2, 0.25) is 0 Å². The Hall–Kier alpha value is -7.12. The molecule has 6 aromatic carbocycles. The minimum absolute atomic E-state index is 0. The number of hydrogen-bond donors (Lipinski definition) is 0. The summed E-state index contributed by atoms with van der Waals surface area (Å²) < 4.78 is 0. The third-order valence-electron chi connectivity index (χ3n) is 9.84. The van der Waals surface area contributed by atoms with E-state index in [1.807, 2.05) is 206 Å². The van der Waals surface area contributed by atoms with E-state index in [0.29, 0.717) is 25.7 Å². The number of nitriles is 6. The third-order valence-corrected chi connectivity index (χ3v) is 9.84. The molecule has 0 aromatic heterocycles. The first-order chi connectivity index (χ1) is 28.6. The fraction of sp³-hybridized carbons (Fsp3) is 0.160. The van der Waals surface area contributed by atoms with Crippen molar-refractivity contribution in [3.63, 3.8) is 0 Å². The Balaban J connectivity index is 0.000000297. The van der Waals surface area contributed by atoms with E-state index in [1.165, 1.54) is 0 Å². The van der Waals surface area contributed by atoms with Crippen LogP contribution in [0.25, 0.3) is 0 Å². The summed E-state index contributed by atoms with van der Waals surface area (Å²) in [7, 11) is 0. The van der Waals surface area contributed by atoms with Gasteiger partial charge >= 0.3 is 16.5 Å². The molecular weight excluding hydrogens is 765 g/mol. The molecule has 0 saturated carbocycles. The van der Waals surface area contributed by atoms with Crippen LogP contribution in [0.1, 0.15) is 51.4 Å². The van der Waals surface area contributed by atoms with Crippen LogP contribution in [0.3, 0.4) is 0 Å². The molecule has 0 aliphatic rings. The zero-order valence-corrected chi connectivity index (χ0v) is 34.1. The Morgan fingerprint density at radius 2 is 0.424 bits per heavy atom. The number of benzene rings is 6. The molecule has 0 bridgehead atoms. The minimum atomic E-state index is -1.59. The second-order valence-electron chi connectivity index (χ2n) is 13.5. The van der Waals surface area contributed by atoms with Crippen LogP contribution in [-0.2, 0) is 16.5 Å². The minimum Gasteiger partial charge on any atom is -0.248 e. The van der Waals surface area contributed by atoms with E-state index in [9.17, 15) is 10.5 Å². The van der Waals surface area contributed by atoms with Gasteiger partial charge in [0.2, 0.25) is 0 Å². The number of nitrogens with zero attached hydrogens (tertiary/aromatic N) is 6. The molecule has 0 radical (unpaired) electrons. The second kappa shape index (κ2) is 28.3. The Morgan fingerprint density at radius 3 is 0.542 bits per heavy atom. The van der Waals surface area contributed by atoms with Crippen molar-refractivity contribution in [2.24, 2.45) is 0 Å². The fourth-order valence-electron chi connectivity index (χ4n) is 6.87. The van der Waals surface area contributed by atoms with Crippen molar-refractivity contribution in [3.05, 3.63) is 182 Å². The number of rotatable bonds is 12. The Bertz CT molecular complexity index is 1910. The van der Waals surface area contributed by atoms with Crippen LogP contribution in [-0.4, -0.2) is 12.3 Å². The summed E-state index contributed by atoms with van der Waals surface area (Å²) >= 11 is 0. The van der Waals surface area contributed by atoms with E-state index in [2.05, 4.69) is 11.9 Å². The fourth-order valence-corrected chi connectivity index (χ4v) is 6.87. The standard InChI is InChI=1S/2C19H15BN.2C6H8N2.Ni/c2*21-16-20(17-10-4-1-5-11-17,18-12-6-2-7-13-18)19-14-8-3-9-15-19;2*7-5-3-1-2-4-6-8;/h2*1-15H;2*1-4H2;/q2*-1;;;+2. The molecule has 9 heteroatoms. The van der Waals surface area contributed by atoms with Crippen molar-refractivity contribution in [1.29, 1.82) is 31.6 Å². The van der Waals surface area contributed by atoms with Gasteiger partial charge in [-0.2, -0.15) is 53.8 Å². The van der Waals surface area contributed by atoms with Gasteiger partial charge in [0.05, 0.1) is 24.3 Å². The van der Waals surface area contributed by atoms with Gasteiger partial charge < -0.3 is 0 Å². The van der Waals surface area contributed by atoms with Crippen molar-refractivity contribution in [2.45, 2.75) is 51.4 Å². The first-order valence-electron chi connectivity index (χ1n) is 19.5. The van der Waals surface area contributed by atoms with E-state index >= 15 is 0 Å². The normalized spacial score (nSPS) is 9.66. The molecule has 0 aliphatic heterocycles. The van der Waals surface area contributed by atoms with Crippen molar-refractivity contribution in [2.75, 3.05) is 0 Å². The van der Waals surface area contributed by atoms with E-state index < -0.39 is 12.3 Å². The third kappa shape index (κ3) is 14.1. The molecule has 59 heavy (non-hydrogen) atoms. The monoisotopic (exact) mass is 810 g/mol.